The second-order valence-corrected chi connectivity index (χ2v) is 3.10. The molecule has 0 radical (unpaired) electrons. The van der Waals surface area contributed by atoms with Crippen LogP contribution in [0.2, 0.25) is 0 Å². The van der Waals surface area contributed by atoms with E-state index in [0.29, 0.717) is 5.75 Å². The third-order valence-corrected chi connectivity index (χ3v) is 1.87. The van der Waals surface area contributed by atoms with Crippen molar-refractivity contribution in [2.24, 2.45) is 0 Å². The minimum atomic E-state index is -0.457. The van der Waals surface area contributed by atoms with Crippen molar-refractivity contribution in [2.45, 2.75) is 6.92 Å². The van der Waals surface area contributed by atoms with Gasteiger partial charge in [-0.05, 0) is 19.1 Å². The van der Waals surface area contributed by atoms with Gasteiger partial charge < -0.3 is 4.74 Å². The zero-order valence-electron chi connectivity index (χ0n) is 8.25. The van der Waals surface area contributed by atoms with Gasteiger partial charge in [-0.2, -0.15) is 0 Å². The number of aryl methyl sites for hydroxylation is 1. The zero-order chi connectivity index (χ0) is 10.7. The summed E-state index contributed by atoms with van der Waals surface area (Å²) in [5.74, 6) is 0.522. The zero-order valence-corrected chi connectivity index (χ0v) is 8.25. The van der Waals surface area contributed by atoms with Gasteiger partial charge in [0.15, 0.2) is 0 Å². The molecule has 4 heteroatoms. The molecule has 0 spiro atoms. The number of imidazole rings is 1. The molecule has 1 aromatic carbocycles. The Labute approximate surface area is 87.1 Å². The topological polar surface area (TPSA) is 44.1 Å². The summed E-state index contributed by atoms with van der Waals surface area (Å²) in [7, 11) is 0. The molecule has 15 heavy (non-hydrogen) atoms. The van der Waals surface area contributed by atoms with E-state index in [1.807, 2.05) is 25.1 Å². The van der Waals surface area contributed by atoms with E-state index >= 15 is 0 Å². The maximum absolute atomic E-state index is 11.5. The number of hydrogen-bond acceptors (Lipinski definition) is 3. The van der Waals surface area contributed by atoms with Crippen molar-refractivity contribution >= 4 is 6.09 Å². The van der Waals surface area contributed by atoms with Crippen molar-refractivity contribution in [1.29, 1.82) is 0 Å². The van der Waals surface area contributed by atoms with Gasteiger partial charge in [-0.25, -0.2) is 14.3 Å². The number of ether oxygens (including phenoxy) is 1. The van der Waals surface area contributed by atoms with Gasteiger partial charge in [0.25, 0.3) is 0 Å². The summed E-state index contributed by atoms with van der Waals surface area (Å²) in [4.78, 5) is 15.5. The van der Waals surface area contributed by atoms with Gasteiger partial charge in [0, 0.05) is 6.20 Å². The van der Waals surface area contributed by atoms with Crippen molar-refractivity contribution < 1.29 is 9.53 Å². The predicted molar refractivity (Wildman–Crippen MR) is 54.8 cm³/mol. The Morgan fingerprint density at radius 1 is 1.33 bits per heavy atom. The van der Waals surface area contributed by atoms with E-state index in [0.717, 1.165) is 5.69 Å². The normalized spacial score (nSPS) is 9.93. The number of nitrogens with zero attached hydrogens (tertiary/aromatic N) is 2. The molecule has 1 aromatic heterocycles. The van der Waals surface area contributed by atoms with E-state index in [9.17, 15) is 4.79 Å². The van der Waals surface area contributed by atoms with Crippen LogP contribution in [0.3, 0.4) is 0 Å². The first-order chi connectivity index (χ1) is 7.25. The first-order valence-electron chi connectivity index (χ1n) is 4.53. The van der Waals surface area contributed by atoms with Crippen LogP contribution in [0.15, 0.2) is 42.9 Å². The fourth-order valence-corrected chi connectivity index (χ4v) is 1.16. The predicted octanol–water partition coefficient (Wildman–Crippen LogP) is 2.24. The van der Waals surface area contributed by atoms with Crippen LogP contribution in [0.1, 0.15) is 5.69 Å². The van der Waals surface area contributed by atoms with Crippen molar-refractivity contribution in [1.82, 2.24) is 9.55 Å². The molecule has 0 amide bonds. The summed E-state index contributed by atoms with van der Waals surface area (Å²) in [5.41, 5.74) is 0.778. The highest BCUT2D eigenvalue weighted by Crippen LogP contribution is 2.09. The Balaban J connectivity index is 2.11. The minimum Gasteiger partial charge on any atom is -0.410 e. The molecule has 0 aliphatic rings. The molecule has 0 saturated carbocycles. The molecule has 0 fully saturated rings. The van der Waals surface area contributed by atoms with Gasteiger partial charge in [-0.3, -0.25) is 0 Å². The highest BCUT2D eigenvalue weighted by Gasteiger charge is 2.06. The third kappa shape index (κ3) is 2.22. The molecule has 0 aliphatic carbocycles. The molecule has 0 N–H and O–H groups in total. The Morgan fingerprint density at radius 3 is 2.67 bits per heavy atom. The van der Waals surface area contributed by atoms with E-state index < -0.39 is 6.09 Å². The number of para-hydroxylation sites is 1. The van der Waals surface area contributed by atoms with Crippen molar-refractivity contribution in [3.63, 3.8) is 0 Å². The second kappa shape index (κ2) is 3.96. The average Bonchev–Trinajstić information content (AvgIpc) is 2.66. The first kappa shape index (κ1) is 9.45. The van der Waals surface area contributed by atoms with Gasteiger partial charge in [-0.1, -0.05) is 18.2 Å². The molecule has 0 bridgehead atoms. The summed E-state index contributed by atoms with van der Waals surface area (Å²) in [5, 5.41) is 0. The number of carbonyl (C=O) groups excluding carboxylic acids is 1. The summed E-state index contributed by atoms with van der Waals surface area (Å²) in [6.45, 7) is 1.81. The molecule has 2 aromatic rings. The standard InChI is InChI=1S/C11H10N2O2/c1-9-7-13(8-12-9)11(14)15-10-5-3-2-4-6-10/h2-8H,1H3. The van der Waals surface area contributed by atoms with Crippen molar-refractivity contribution in [3.8, 4) is 5.75 Å². The highest BCUT2D eigenvalue weighted by atomic mass is 16.6. The molecule has 0 aliphatic heterocycles. The van der Waals surface area contributed by atoms with Crippen LogP contribution in [0.25, 0.3) is 0 Å². The van der Waals surface area contributed by atoms with E-state index in [2.05, 4.69) is 4.98 Å². The van der Waals surface area contributed by atoms with Gasteiger partial charge in [0.1, 0.15) is 12.1 Å². The maximum Gasteiger partial charge on any atom is 0.424 e. The number of rotatable bonds is 1. The van der Waals surface area contributed by atoms with Gasteiger partial charge in [0.2, 0.25) is 0 Å². The molecule has 4 nitrogen and oxygen atoms in total. The summed E-state index contributed by atoms with van der Waals surface area (Å²) >= 11 is 0. The average molecular weight is 202 g/mol. The van der Waals surface area contributed by atoms with Crippen LogP contribution in [0.4, 0.5) is 4.79 Å². The Bertz CT molecular complexity index is 462. The first-order valence-corrected chi connectivity index (χ1v) is 4.53. The molecule has 2 rings (SSSR count). The lowest BCUT2D eigenvalue weighted by atomic mass is 10.3. The minimum absolute atomic E-state index is 0.457. The summed E-state index contributed by atoms with van der Waals surface area (Å²) in [6, 6.07) is 8.92. The van der Waals surface area contributed by atoms with E-state index in [4.69, 9.17) is 4.74 Å². The number of aromatic nitrogens is 2. The van der Waals surface area contributed by atoms with Crippen LogP contribution in [-0.4, -0.2) is 15.6 Å². The van der Waals surface area contributed by atoms with E-state index in [1.54, 1.807) is 18.3 Å². The summed E-state index contributed by atoms with van der Waals surface area (Å²) < 4.78 is 6.41. The lowest BCUT2D eigenvalue weighted by Gasteiger charge is -2.02. The van der Waals surface area contributed by atoms with Crippen LogP contribution in [0, 0.1) is 6.92 Å². The molecule has 0 unspecified atom stereocenters. The monoisotopic (exact) mass is 202 g/mol. The molecule has 0 atom stereocenters. The largest absolute Gasteiger partial charge is 0.424 e. The quantitative estimate of drug-likeness (QED) is 0.712. The smallest absolute Gasteiger partial charge is 0.410 e. The molecular weight excluding hydrogens is 192 g/mol. The van der Waals surface area contributed by atoms with Gasteiger partial charge in [0.05, 0.1) is 5.69 Å². The molecular formula is C11H10N2O2. The SMILES string of the molecule is Cc1cn(C(=O)Oc2ccccc2)cn1. The third-order valence-electron chi connectivity index (χ3n) is 1.87. The Hall–Kier alpha value is -2.10. The van der Waals surface area contributed by atoms with Gasteiger partial charge in [-0.15, -0.1) is 0 Å². The molecule has 76 valence electrons. The summed E-state index contributed by atoms with van der Waals surface area (Å²) in [6.07, 6.45) is 2.59. The highest BCUT2D eigenvalue weighted by molar-refractivity contribution is 5.72. The van der Waals surface area contributed by atoms with Crippen LogP contribution < -0.4 is 4.74 Å². The van der Waals surface area contributed by atoms with Crippen molar-refractivity contribution in [3.05, 3.63) is 48.5 Å². The number of benzene rings is 1. The van der Waals surface area contributed by atoms with E-state index in [-0.39, 0.29) is 0 Å². The number of carbonyl (C=O) groups is 1. The fourth-order valence-electron chi connectivity index (χ4n) is 1.16. The Kier molecular flexibility index (Phi) is 2.49. The van der Waals surface area contributed by atoms with Crippen LogP contribution in [-0.2, 0) is 0 Å². The fraction of sp³-hybridized carbons (Fsp3) is 0.0909. The van der Waals surface area contributed by atoms with E-state index in [1.165, 1.54) is 10.9 Å². The van der Waals surface area contributed by atoms with Gasteiger partial charge >= 0.3 is 6.09 Å². The van der Waals surface area contributed by atoms with Crippen LogP contribution >= 0.6 is 0 Å². The Morgan fingerprint density at radius 2 is 2.07 bits per heavy atom. The van der Waals surface area contributed by atoms with Crippen LogP contribution in [0.5, 0.6) is 5.75 Å². The van der Waals surface area contributed by atoms with Crippen molar-refractivity contribution in [2.75, 3.05) is 0 Å². The lowest BCUT2D eigenvalue weighted by Crippen LogP contribution is -2.14. The molecule has 0 saturated heterocycles. The number of hydrogen-bond donors (Lipinski definition) is 0. The second-order valence-electron chi connectivity index (χ2n) is 3.10. The molecule has 1 heterocycles. The maximum atomic E-state index is 11.5. The lowest BCUT2D eigenvalue weighted by molar-refractivity contribution is 0.202.